The van der Waals surface area contributed by atoms with Gasteiger partial charge in [0.2, 0.25) is 0 Å². The van der Waals surface area contributed by atoms with Crippen LogP contribution in [0.25, 0.3) is 0 Å². The van der Waals surface area contributed by atoms with E-state index in [1.165, 1.54) is 0 Å². The third-order valence-electron chi connectivity index (χ3n) is 5.23. The monoisotopic (exact) mass is 1440 g/mol. The van der Waals surface area contributed by atoms with Gasteiger partial charge in [-0.25, -0.2) is 0 Å². The van der Waals surface area contributed by atoms with Crippen molar-refractivity contribution in [3.05, 3.63) is 27.7 Å². The van der Waals surface area contributed by atoms with Crippen LogP contribution >= 0.6 is 0 Å². The Hall–Kier alpha value is 0.297. The van der Waals surface area contributed by atoms with Gasteiger partial charge in [0.25, 0.3) is 0 Å². The van der Waals surface area contributed by atoms with Crippen LogP contribution in [0.2, 0.25) is 0 Å². The van der Waals surface area contributed by atoms with E-state index in [9.17, 15) is 20.4 Å². The van der Waals surface area contributed by atoms with E-state index in [1.807, 2.05) is 38.3 Å². The minimum absolute atomic E-state index is 0.169. The zero-order valence-corrected chi connectivity index (χ0v) is 69.3. The van der Waals surface area contributed by atoms with Crippen molar-refractivity contribution in [2.45, 2.75) is 389 Å². The summed E-state index contributed by atoms with van der Waals surface area (Å²) in [5, 5.41) is 39.4. The maximum absolute atomic E-state index is 9.86. The van der Waals surface area contributed by atoms with Crippen molar-refractivity contribution in [2.24, 2.45) is 32.5 Å². The molecule has 0 amide bonds. The topological polar surface area (TPSA) is 192 Å². The average Bonchev–Trinajstić information content (AvgIpc) is 3.11. The summed E-state index contributed by atoms with van der Waals surface area (Å²) in [6, 6.07) is 0. The molecule has 0 aromatic heterocycles. The first kappa shape index (κ1) is 110. The van der Waals surface area contributed by atoms with Gasteiger partial charge in [0.15, 0.2) is 0 Å². The number of hydrogen-bond acceptors (Lipinski definition) is 16. The normalized spacial score (nSPS) is 12.6. The summed E-state index contributed by atoms with van der Waals surface area (Å²) >= 11 is 3.79. The van der Waals surface area contributed by atoms with Crippen LogP contribution in [0.1, 0.15) is 291 Å². The van der Waals surface area contributed by atoms with Gasteiger partial charge in [0.05, 0.1) is 73.2 Å². The van der Waals surface area contributed by atoms with Gasteiger partial charge in [-0.2, -0.15) is 21.7 Å². The second kappa shape index (κ2) is 53.4. The van der Waals surface area contributed by atoms with Crippen LogP contribution in [0, 0.1) is 68.6 Å². The third kappa shape index (κ3) is 143. The second-order valence-electron chi connectivity index (χ2n) is 31.0. The van der Waals surface area contributed by atoms with Crippen molar-refractivity contribution in [3.8, 4) is 8.40 Å². The molecule has 0 saturated heterocycles. The van der Waals surface area contributed by atoms with Crippen molar-refractivity contribution in [1.29, 1.82) is 0 Å². The molecule has 0 radical (unpaired) electrons. The quantitative estimate of drug-likeness (QED) is 0.0405. The summed E-state index contributed by atoms with van der Waals surface area (Å²) in [5.41, 5.74) is 1.59. The number of aliphatic hydroxyl groups is 4. The third-order valence-corrected chi connectivity index (χ3v) is 8.24. The van der Waals surface area contributed by atoms with E-state index in [-0.39, 0.29) is 94.9 Å². The van der Waals surface area contributed by atoms with Gasteiger partial charge < -0.3 is 105 Å². The summed E-state index contributed by atoms with van der Waals surface area (Å²) in [6.45, 7) is 96.1. The maximum atomic E-state index is 9.86. The molecule has 16 nitrogen and oxygen atoms in total. The Morgan fingerprint density at radius 2 is 0.307 bits per heavy atom. The van der Waals surface area contributed by atoms with Crippen LogP contribution in [0.15, 0.2) is 0 Å². The second-order valence-corrected chi connectivity index (χ2v) is 32.0. The summed E-state index contributed by atoms with van der Waals surface area (Å²) in [5.74, 6) is 0. The first-order valence-corrected chi connectivity index (χ1v) is 33.4. The molecule has 541 valence electrons. The smallest absolute Gasteiger partial charge is 0.338 e. The van der Waals surface area contributed by atoms with Gasteiger partial charge in [-0.3, -0.25) is 0 Å². The summed E-state index contributed by atoms with van der Waals surface area (Å²) in [4.78, 5) is 0. The molecule has 0 bridgehead atoms. The van der Waals surface area contributed by atoms with Gasteiger partial charge in [-0.05, 0) is 166 Å². The molecule has 18 heteroatoms. The fourth-order valence-corrected chi connectivity index (χ4v) is 3.91. The Morgan fingerprint density at radius 3 is 0.330 bits per heavy atom. The molecule has 0 spiro atoms. The van der Waals surface area contributed by atoms with E-state index in [2.05, 4.69) is 161 Å². The van der Waals surface area contributed by atoms with Crippen LogP contribution in [0.4, 0.5) is 0 Å². The molecule has 0 aromatic rings. The Kier molecular flexibility index (Phi) is 66.7. The van der Waals surface area contributed by atoms with E-state index in [0.717, 1.165) is 0 Å². The zero-order chi connectivity index (χ0) is 73.8. The van der Waals surface area contributed by atoms with Crippen LogP contribution < -0.4 is 0 Å². The van der Waals surface area contributed by atoms with Crippen LogP contribution in [0.5, 0.6) is 0 Å². The molecule has 0 aliphatic carbocycles. The van der Waals surface area contributed by atoms with Gasteiger partial charge in [-0.15, -0.1) is 0 Å². The molecule has 0 fully saturated rings. The summed E-state index contributed by atoms with van der Waals surface area (Å²) in [6.07, 6.45) is -9.76. The van der Waals surface area contributed by atoms with Gasteiger partial charge >= 0.3 is 124 Å². The first-order chi connectivity index (χ1) is 38.1. The molecule has 0 unspecified atom stereocenters. The zero-order valence-electron chi connectivity index (χ0n) is 65.3. The number of ether oxygens (including phenoxy) is 12. The van der Waals surface area contributed by atoms with Gasteiger partial charge in [0.1, 0.15) is 0 Å². The first-order valence-electron chi connectivity index (χ1n) is 31.4. The Balaban J connectivity index is -0.0000000992. The van der Waals surface area contributed by atoms with Crippen molar-refractivity contribution < 1.29 is 116 Å². The Bertz CT molecular complexity index is 1280. The van der Waals surface area contributed by atoms with Crippen LogP contribution in [0.3, 0.4) is 0 Å². The molecule has 0 heterocycles. The fourth-order valence-electron chi connectivity index (χ4n) is 3.91. The molecule has 0 saturated carbocycles. The minimum atomic E-state index is -1.93. The Labute approximate surface area is 569 Å². The number of rotatable bonds is 24. The molecular formula is C70H150Mo2O16-3. The van der Waals surface area contributed by atoms with Crippen LogP contribution in [-0.4, -0.2) is 118 Å². The summed E-state index contributed by atoms with van der Waals surface area (Å²) < 4.78 is 68.3. The molecule has 4 N–H and O–H groups in total. The average molecular weight is 1440 g/mol. The van der Waals surface area contributed by atoms with Crippen molar-refractivity contribution >= 4 is 0 Å². The van der Waals surface area contributed by atoms with Crippen molar-refractivity contribution in [3.63, 3.8) is 0 Å². The standard InChI is InChI=1S/4C10H22O4.4C5H11.2C5H9.2Mo/c4*1-7(2)12-10(11,13-8(3)4)14-9(5)6;6*1-5(2,3)4;;/h4*7-9,11H,1-6H3;4*1H2,2-4H3;2*1-3H3;;/q;;;;4*-1;;;;+1. The number of hydrogen-bond donors (Lipinski definition) is 4. The molecule has 0 atom stereocenters. The Morgan fingerprint density at radius 1 is 0.250 bits per heavy atom. The van der Waals surface area contributed by atoms with Gasteiger partial charge in [-0.1, -0.05) is 83.1 Å². The van der Waals surface area contributed by atoms with E-state index >= 15 is 0 Å². The van der Waals surface area contributed by atoms with E-state index in [1.54, 1.807) is 166 Å². The predicted octanol–water partition coefficient (Wildman–Crippen LogP) is 18.0. The van der Waals surface area contributed by atoms with Crippen molar-refractivity contribution in [2.75, 3.05) is 0 Å². The largest absolute Gasteiger partial charge is 0.410 e. The molecule has 0 aromatic carbocycles. The molecule has 0 aliphatic rings. The van der Waals surface area contributed by atoms with Crippen molar-refractivity contribution in [1.82, 2.24) is 0 Å². The van der Waals surface area contributed by atoms with E-state index in [0.29, 0.717) is 10.8 Å². The van der Waals surface area contributed by atoms with E-state index in [4.69, 9.17) is 56.8 Å². The molecule has 0 aliphatic heterocycles. The SMILES string of the molecule is CC(C)(C)[C]#[Mo+].CC(C)(C)[C]#[Mo].CC(C)OC(O)(OC(C)C)OC(C)C.CC(C)OC(O)(OC(C)C)OC(C)C.CC(C)OC(O)(OC(C)C)OC(C)C.CC(C)OC(O)(OC(C)C)OC(C)C.[CH2-]C(C)(C)C.[CH2-]C(C)(C)C.[CH2-]C(C)(C)C.[CH2-]C(C)(C)C. The maximum Gasteiger partial charge on any atom is 0.410 e. The molecule has 88 heavy (non-hydrogen) atoms. The van der Waals surface area contributed by atoms with Crippen LogP contribution in [-0.2, 0) is 95.1 Å². The molecule has 0 rings (SSSR count). The van der Waals surface area contributed by atoms with Gasteiger partial charge in [0, 0.05) is 0 Å². The molecular weight excluding hydrogens is 1290 g/mol. The fraction of sp³-hybridized carbons (Fsp3) is 0.914. The summed E-state index contributed by atoms with van der Waals surface area (Å²) in [7, 11) is 0. The predicted molar refractivity (Wildman–Crippen MR) is 360 cm³/mol. The minimum Gasteiger partial charge on any atom is -0.338 e. The van der Waals surface area contributed by atoms with E-state index < -0.39 is 24.6 Å².